The number of hydrogen-bond acceptors (Lipinski definition) is 5. The monoisotopic (exact) mass is 370 g/mol. The number of aromatic nitrogens is 1. The minimum absolute atomic E-state index is 0.218. The smallest absolute Gasteiger partial charge is 0.261 e. The van der Waals surface area contributed by atoms with Crippen molar-refractivity contribution in [3.63, 3.8) is 0 Å². The zero-order valence-electron chi connectivity index (χ0n) is 14.4. The van der Waals surface area contributed by atoms with Gasteiger partial charge in [-0.25, -0.2) is 13.4 Å². The number of anilines is 1. The van der Waals surface area contributed by atoms with Gasteiger partial charge in [-0.3, -0.25) is 4.72 Å². The van der Waals surface area contributed by atoms with Crippen molar-refractivity contribution in [2.24, 2.45) is 0 Å². The third-order valence-corrected chi connectivity index (χ3v) is 5.74. The van der Waals surface area contributed by atoms with E-state index >= 15 is 0 Å². The van der Waals surface area contributed by atoms with Crippen LogP contribution in [0.2, 0.25) is 0 Å². The molecule has 7 heteroatoms. The maximum absolute atomic E-state index is 12.7. The standard InChI is InChI=1S/C19H18N2O4S/c1-12-13(2)25-19(20-12)15-4-3-5-16(10-15)21-26(22,23)17-6-7-18-14(11-17)8-9-24-18/h3-7,10-11,21H,8-9H2,1-2H3. The van der Waals surface area contributed by atoms with E-state index in [2.05, 4.69) is 9.71 Å². The largest absolute Gasteiger partial charge is 0.493 e. The molecule has 26 heavy (non-hydrogen) atoms. The minimum atomic E-state index is -3.69. The third kappa shape index (κ3) is 3.06. The summed E-state index contributed by atoms with van der Waals surface area (Å²) in [6.07, 6.45) is 0.719. The Kier molecular flexibility index (Phi) is 3.96. The highest BCUT2D eigenvalue weighted by Crippen LogP contribution is 2.29. The molecular formula is C19H18N2O4S. The van der Waals surface area contributed by atoms with Gasteiger partial charge in [0.05, 0.1) is 17.2 Å². The van der Waals surface area contributed by atoms with Crippen molar-refractivity contribution in [1.82, 2.24) is 4.98 Å². The van der Waals surface area contributed by atoms with Crippen molar-refractivity contribution in [2.75, 3.05) is 11.3 Å². The first kappa shape index (κ1) is 16.7. The van der Waals surface area contributed by atoms with E-state index in [4.69, 9.17) is 9.15 Å². The number of nitrogens with zero attached hydrogens (tertiary/aromatic N) is 1. The number of aryl methyl sites for hydroxylation is 2. The third-order valence-electron chi connectivity index (χ3n) is 4.36. The van der Waals surface area contributed by atoms with Crippen LogP contribution in [-0.2, 0) is 16.4 Å². The summed E-state index contributed by atoms with van der Waals surface area (Å²) in [5.41, 5.74) is 2.88. The summed E-state index contributed by atoms with van der Waals surface area (Å²) in [4.78, 5) is 4.58. The molecule has 0 unspecified atom stereocenters. The summed E-state index contributed by atoms with van der Waals surface area (Å²) < 4.78 is 39.1. The molecule has 1 aliphatic heterocycles. The molecule has 2 heterocycles. The molecule has 0 aliphatic carbocycles. The Balaban J connectivity index is 1.63. The van der Waals surface area contributed by atoms with E-state index < -0.39 is 10.0 Å². The molecule has 0 radical (unpaired) electrons. The molecule has 0 bridgehead atoms. The van der Waals surface area contributed by atoms with Gasteiger partial charge in [-0.15, -0.1) is 0 Å². The van der Waals surface area contributed by atoms with Gasteiger partial charge in [0, 0.05) is 17.7 Å². The lowest BCUT2D eigenvalue weighted by atomic mass is 10.2. The Morgan fingerprint density at radius 2 is 1.96 bits per heavy atom. The number of hydrogen-bond donors (Lipinski definition) is 1. The lowest BCUT2D eigenvalue weighted by Crippen LogP contribution is -2.13. The van der Waals surface area contributed by atoms with Gasteiger partial charge >= 0.3 is 0 Å². The molecule has 1 aliphatic rings. The van der Waals surface area contributed by atoms with Gasteiger partial charge in [0.1, 0.15) is 11.5 Å². The van der Waals surface area contributed by atoms with Crippen molar-refractivity contribution in [3.05, 3.63) is 59.5 Å². The van der Waals surface area contributed by atoms with Crippen LogP contribution in [0.3, 0.4) is 0 Å². The Morgan fingerprint density at radius 1 is 1.12 bits per heavy atom. The first-order chi connectivity index (χ1) is 12.4. The predicted molar refractivity (Wildman–Crippen MR) is 97.9 cm³/mol. The molecule has 0 fully saturated rings. The van der Waals surface area contributed by atoms with Gasteiger partial charge in [-0.1, -0.05) is 6.07 Å². The zero-order chi connectivity index (χ0) is 18.3. The Hall–Kier alpha value is -2.80. The molecule has 0 spiro atoms. The van der Waals surface area contributed by atoms with Crippen LogP contribution in [0.5, 0.6) is 5.75 Å². The maximum atomic E-state index is 12.7. The van der Waals surface area contributed by atoms with Gasteiger partial charge in [-0.05, 0) is 55.8 Å². The first-order valence-corrected chi connectivity index (χ1v) is 9.74. The highest BCUT2D eigenvalue weighted by molar-refractivity contribution is 7.92. The molecule has 0 atom stereocenters. The highest BCUT2D eigenvalue weighted by atomic mass is 32.2. The Labute approximate surface area is 151 Å². The molecule has 3 aromatic rings. The van der Waals surface area contributed by atoms with Crippen LogP contribution < -0.4 is 9.46 Å². The molecular weight excluding hydrogens is 352 g/mol. The summed E-state index contributed by atoms with van der Waals surface area (Å²) in [6.45, 7) is 4.30. The quantitative estimate of drug-likeness (QED) is 0.757. The van der Waals surface area contributed by atoms with Crippen LogP contribution in [0.4, 0.5) is 5.69 Å². The second kappa shape index (κ2) is 6.17. The van der Waals surface area contributed by atoms with Crippen molar-refractivity contribution < 1.29 is 17.6 Å². The lowest BCUT2D eigenvalue weighted by Gasteiger charge is -2.10. The first-order valence-electron chi connectivity index (χ1n) is 8.25. The van der Waals surface area contributed by atoms with E-state index in [0.29, 0.717) is 23.7 Å². The van der Waals surface area contributed by atoms with E-state index in [1.807, 2.05) is 19.9 Å². The second-order valence-corrected chi connectivity index (χ2v) is 7.90. The molecule has 4 rings (SSSR count). The Bertz CT molecular complexity index is 1070. The summed E-state index contributed by atoms with van der Waals surface area (Å²) >= 11 is 0. The average molecular weight is 370 g/mol. The van der Waals surface area contributed by atoms with Gasteiger partial charge in [-0.2, -0.15) is 0 Å². The fourth-order valence-electron chi connectivity index (χ4n) is 2.86. The topological polar surface area (TPSA) is 81.4 Å². The molecule has 1 aromatic heterocycles. The number of oxazole rings is 1. The normalized spacial score (nSPS) is 13.3. The summed E-state index contributed by atoms with van der Waals surface area (Å²) in [5.74, 6) is 1.96. The van der Waals surface area contributed by atoms with Crippen LogP contribution in [0.25, 0.3) is 11.5 Å². The Morgan fingerprint density at radius 3 is 2.73 bits per heavy atom. The molecule has 1 N–H and O–H groups in total. The number of sulfonamides is 1. The van der Waals surface area contributed by atoms with Gasteiger partial charge < -0.3 is 9.15 Å². The van der Waals surface area contributed by atoms with Crippen LogP contribution in [0.1, 0.15) is 17.0 Å². The molecule has 134 valence electrons. The van der Waals surface area contributed by atoms with Gasteiger partial charge in [0.25, 0.3) is 10.0 Å². The highest BCUT2D eigenvalue weighted by Gasteiger charge is 2.20. The van der Waals surface area contributed by atoms with E-state index in [-0.39, 0.29) is 4.90 Å². The number of nitrogens with one attached hydrogen (secondary N) is 1. The van der Waals surface area contributed by atoms with Crippen LogP contribution >= 0.6 is 0 Å². The molecule has 2 aromatic carbocycles. The maximum Gasteiger partial charge on any atom is 0.261 e. The number of ether oxygens (including phenoxy) is 1. The van der Waals surface area contributed by atoms with Crippen molar-refractivity contribution in [1.29, 1.82) is 0 Å². The SMILES string of the molecule is Cc1nc(-c2cccc(NS(=O)(=O)c3ccc4c(c3)CCO4)c2)oc1C. The summed E-state index contributed by atoms with van der Waals surface area (Å²) in [5, 5.41) is 0. The lowest BCUT2D eigenvalue weighted by molar-refractivity contribution is 0.356. The van der Waals surface area contributed by atoms with E-state index in [1.54, 1.807) is 36.4 Å². The molecule has 0 amide bonds. The zero-order valence-corrected chi connectivity index (χ0v) is 15.3. The van der Waals surface area contributed by atoms with Crippen molar-refractivity contribution >= 4 is 15.7 Å². The number of rotatable bonds is 4. The second-order valence-electron chi connectivity index (χ2n) is 6.21. The summed E-state index contributed by atoms with van der Waals surface area (Å²) in [6, 6.07) is 11.9. The van der Waals surface area contributed by atoms with E-state index in [9.17, 15) is 8.42 Å². The van der Waals surface area contributed by atoms with E-state index in [1.165, 1.54) is 0 Å². The molecule has 0 saturated heterocycles. The average Bonchev–Trinajstić information content (AvgIpc) is 3.21. The van der Waals surface area contributed by atoms with Crippen LogP contribution in [-0.4, -0.2) is 20.0 Å². The van der Waals surface area contributed by atoms with Crippen LogP contribution in [0.15, 0.2) is 51.8 Å². The number of benzene rings is 2. The fraction of sp³-hybridized carbons (Fsp3) is 0.211. The summed E-state index contributed by atoms with van der Waals surface area (Å²) in [7, 11) is -3.69. The predicted octanol–water partition coefficient (Wildman–Crippen LogP) is 3.69. The van der Waals surface area contributed by atoms with Crippen molar-refractivity contribution in [3.8, 4) is 17.2 Å². The minimum Gasteiger partial charge on any atom is -0.493 e. The number of fused-ring (bicyclic) bond motifs is 1. The molecule has 6 nitrogen and oxygen atoms in total. The van der Waals surface area contributed by atoms with Gasteiger partial charge in [0.15, 0.2) is 0 Å². The molecule has 0 saturated carbocycles. The van der Waals surface area contributed by atoms with Crippen molar-refractivity contribution in [2.45, 2.75) is 25.2 Å². The van der Waals surface area contributed by atoms with Gasteiger partial charge in [0.2, 0.25) is 5.89 Å². The van der Waals surface area contributed by atoms with Crippen LogP contribution in [0, 0.1) is 13.8 Å². The fourth-order valence-corrected chi connectivity index (χ4v) is 3.96. The van der Waals surface area contributed by atoms with E-state index in [0.717, 1.165) is 29.2 Å².